The highest BCUT2D eigenvalue weighted by molar-refractivity contribution is 8.01. The van der Waals surface area contributed by atoms with E-state index in [2.05, 4.69) is 6.07 Å². The maximum Gasteiger partial charge on any atom is 0.319 e. The van der Waals surface area contributed by atoms with E-state index in [0.29, 0.717) is 5.56 Å². The Labute approximate surface area is 128 Å². The van der Waals surface area contributed by atoms with Crippen LogP contribution in [0.1, 0.15) is 19.4 Å². The minimum absolute atomic E-state index is 0.606. The monoisotopic (exact) mass is 297 g/mol. The van der Waals surface area contributed by atoms with Gasteiger partial charge in [-0.3, -0.25) is 4.79 Å². The minimum atomic E-state index is -0.900. The molecule has 2 aromatic carbocycles. The third kappa shape index (κ3) is 3.45. The van der Waals surface area contributed by atoms with Crippen LogP contribution < -0.4 is 0 Å². The molecular formula is C17H15NO2S. The standard InChI is InChI=1S/C17H15NO2S/c1-17(2,16(19)20)21-15-6-4-3-5-14(15)13-9-7-12(11-18)8-10-13/h3-10H,1-2H3,(H,19,20). The molecule has 0 amide bonds. The topological polar surface area (TPSA) is 61.1 Å². The fraction of sp³-hybridized carbons (Fsp3) is 0.176. The van der Waals surface area contributed by atoms with Crippen molar-refractivity contribution in [3.8, 4) is 17.2 Å². The number of hydrogen-bond donors (Lipinski definition) is 1. The van der Waals surface area contributed by atoms with Gasteiger partial charge in [0.1, 0.15) is 4.75 Å². The Kier molecular flexibility index (Phi) is 4.35. The number of rotatable bonds is 4. The van der Waals surface area contributed by atoms with Gasteiger partial charge < -0.3 is 5.11 Å². The van der Waals surface area contributed by atoms with Crippen LogP contribution >= 0.6 is 11.8 Å². The molecule has 0 aliphatic heterocycles. The molecule has 0 heterocycles. The van der Waals surface area contributed by atoms with Gasteiger partial charge in [0, 0.05) is 4.90 Å². The molecule has 0 aliphatic rings. The molecule has 0 spiro atoms. The van der Waals surface area contributed by atoms with Crippen molar-refractivity contribution >= 4 is 17.7 Å². The maximum atomic E-state index is 11.3. The first kappa shape index (κ1) is 15.1. The van der Waals surface area contributed by atoms with Crippen molar-refractivity contribution in [2.75, 3.05) is 0 Å². The quantitative estimate of drug-likeness (QED) is 0.860. The smallest absolute Gasteiger partial charge is 0.319 e. The first-order valence-corrected chi connectivity index (χ1v) is 7.27. The van der Waals surface area contributed by atoms with Crippen molar-refractivity contribution < 1.29 is 9.90 Å². The summed E-state index contributed by atoms with van der Waals surface area (Å²) in [6.45, 7) is 3.38. The van der Waals surface area contributed by atoms with E-state index < -0.39 is 10.7 Å². The third-order valence-electron chi connectivity index (χ3n) is 3.09. The van der Waals surface area contributed by atoms with Crippen LogP contribution in [-0.2, 0) is 4.79 Å². The van der Waals surface area contributed by atoms with Crippen LogP contribution in [-0.4, -0.2) is 15.8 Å². The van der Waals surface area contributed by atoms with Crippen LogP contribution in [0.4, 0.5) is 0 Å². The number of carboxylic acids is 1. The largest absolute Gasteiger partial charge is 0.480 e. The second-order valence-corrected chi connectivity index (χ2v) is 6.77. The number of carboxylic acid groups (broad SMARTS) is 1. The summed E-state index contributed by atoms with van der Waals surface area (Å²) < 4.78 is -0.900. The molecule has 0 radical (unpaired) electrons. The van der Waals surface area contributed by atoms with Crippen molar-refractivity contribution in [2.45, 2.75) is 23.5 Å². The molecule has 0 fully saturated rings. The molecule has 0 atom stereocenters. The van der Waals surface area contributed by atoms with E-state index in [1.165, 1.54) is 11.8 Å². The Morgan fingerprint density at radius 2 is 1.76 bits per heavy atom. The summed E-state index contributed by atoms with van der Waals surface area (Å²) in [5.41, 5.74) is 2.55. The van der Waals surface area contributed by atoms with E-state index in [-0.39, 0.29) is 0 Å². The molecule has 2 rings (SSSR count). The number of carbonyl (C=O) groups is 1. The molecular weight excluding hydrogens is 282 g/mol. The molecule has 0 saturated heterocycles. The second kappa shape index (κ2) is 6.02. The van der Waals surface area contributed by atoms with Gasteiger partial charge in [-0.25, -0.2) is 0 Å². The van der Waals surface area contributed by atoms with Crippen LogP contribution in [0.5, 0.6) is 0 Å². The van der Waals surface area contributed by atoms with E-state index in [1.807, 2.05) is 36.4 Å². The highest BCUT2D eigenvalue weighted by Gasteiger charge is 2.29. The lowest BCUT2D eigenvalue weighted by Crippen LogP contribution is -2.26. The number of aliphatic carboxylic acids is 1. The Morgan fingerprint density at radius 1 is 1.14 bits per heavy atom. The second-order valence-electron chi connectivity index (χ2n) is 5.10. The van der Waals surface area contributed by atoms with Crippen LogP contribution in [0.2, 0.25) is 0 Å². The van der Waals surface area contributed by atoms with E-state index in [4.69, 9.17) is 5.26 Å². The van der Waals surface area contributed by atoms with Crippen molar-refractivity contribution in [2.24, 2.45) is 0 Å². The van der Waals surface area contributed by atoms with Crippen LogP contribution in [0, 0.1) is 11.3 Å². The average Bonchev–Trinajstić information content (AvgIpc) is 2.47. The van der Waals surface area contributed by atoms with Gasteiger partial charge >= 0.3 is 5.97 Å². The number of nitrogens with zero attached hydrogens (tertiary/aromatic N) is 1. The fourth-order valence-electron chi connectivity index (χ4n) is 1.84. The Balaban J connectivity index is 2.41. The first-order chi connectivity index (χ1) is 9.94. The summed E-state index contributed by atoms with van der Waals surface area (Å²) in [5, 5.41) is 18.1. The van der Waals surface area contributed by atoms with Crippen LogP contribution in [0.3, 0.4) is 0 Å². The van der Waals surface area contributed by atoms with Gasteiger partial charge in [0.25, 0.3) is 0 Å². The molecule has 0 saturated carbocycles. The summed E-state index contributed by atoms with van der Waals surface area (Å²) in [5.74, 6) is -0.845. The molecule has 4 heteroatoms. The Bertz CT molecular complexity index is 699. The van der Waals surface area contributed by atoms with E-state index in [1.54, 1.807) is 26.0 Å². The zero-order valence-corrected chi connectivity index (χ0v) is 12.6. The first-order valence-electron chi connectivity index (χ1n) is 6.46. The molecule has 0 aromatic heterocycles. The predicted octanol–water partition coefficient (Wildman–Crippen LogP) is 4.18. The van der Waals surface area contributed by atoms with Gasteiger partial charge in [0.05, 0.1) is 11.6 Å². The van der Waals surface area contributed by atoms with E-state index >= 15 is 0 Å². The third-order valence-corrected chi connectivity index (χ3v) is 4.35. The van der Waals surface area contributed by atoms with Crippen molar-refractivity contribution in [3.05, 3.63) is 54.1 Å². The highest BCUT2D eigenvalue weighted by atomic mass is 32.2. The van der Waals surface area contributed by atoms with Crippen LogP contribution in [0.25, 0.3) is 11.1 Å². The predicted molar refractivity (Wildman–Crippen MR) is 84.2 cm³/mol. The average molecular weight is 297 g/mol. The highest BCUT2D eigenvalue weighted by Crippen LogP contribution is 2.38. The Hall–Kier alpha value is -2.25. The molecule has 21 heavy (non-hydrogen) atoms. The molecule has 3 nitrogen and oxygen atoms in total. The fourth-order valence-corrected chi connectivity index (χ4v) is 2.92. The van der Waals surface area contributed by atoms with Gasteiger partial charge in [0.2, 0.25) is 0 Å². The zero-order valence-electron chi connectivity index (χ0n) is 11.8. The maximum absolute atomic E-state index is 11.3. The van der Waals surface area contributed by atoms with Crippen molar-refractivity contribution in [1.82, 2.24) is 0 Å². The summed E-state index contributed by atoms with van der Waals surface area (Å²) in [4.78, 5) is 12.2. The van der Waals surface area contributed by atoms with Gasteiger partial charge in [-0.05, 0) is 43.2 Å². The van der Waals surface area contributed by atoms with E-state index in [9.17, 15) is 9.90 Å². The Morgan fingerprint density at radius 3 is 2.33 bits per heavy atom. The zero-order chi connectivity index (χ0) is 15.5. The summed E-state index contributed by atoms with van der Waals surface area (Å²) >= 11 is 1.32. The summed E-state index contributed by atoms with van der Waals surface area (Å²) in [6, 6.07) is 17.1. The minimum Gasteiger partial charge on any atom is -0.480 e. The summed E-state index contributed by atoms with van der Waals surface area (Å²) in [7, 11) is 0. The normalized spacial score (nSPS) is 10.9. The molecule has 2 aromatic rings. The van der Waals surface area contributed by atoms with Gasteiger partial charge in [0.15, 0.2) is 0 Å². The lowest BCUT2D eigenvalue weighted by atomic mass is 10.0. The molecule has 106 valence electrons. The SMILES string of the molecule is CC(C)(Sc1ccccc1-c1ccc(C#N)cc1)C(=O)O. The van der Waals surface area contributed by atoms with Gasteiger partial charge in [-0.1, -0.05) is 30.3 Å². The number of hydrogen-bond acceptors (Lipinski definition) is 3. The lowest BCUT2D eigenvalue weighted by Gasteiger charge is -2.20. The van der Waals surface area contributed by atoms with Gasteiger partial charge in [-0.2, -0.15) is 5.26 Å². The van der Waals surface area contributed by atoms with Gasteiger partial charge in [-0.15, -0.1) is 11.8 Å². The van der Waals surface area contributed by atoms with Crippen LogP contribution in [0.15, 0.2) is 53.4 Å². The molecule has 0 aliphatic carbocycles. The van der Waals surface area contributed by atoms with Crippen molar-refractivity contribution in [1.29, 1.82) is 5.26 Å². The summed E-state index contributed by atoms with van der Waals surface area (Å²) in [6.07, 6.45) is 0. The number of thioether (sulfide) groups is 1. The molecule has 0 unspecified atom stereocenters. The number of nitriles is 1. The molecule has 0 bridgehead atoms. The number of benzene rings is 2. The van der Waals surface area contributed by atoms with Crippen molar-refractivity contribution in [3.63, 3.8) is 0 Å². The molecule has 1 N–H and O–H groups in total. The van der Waals surface area contributed by atoms with E-state index in [0.717, 1.165) is 16.0 Å². The lowest BCUT2D eigenvalue weighted by molar-refractivity contribution is -0.138.